The van der Waals surface area contributed by atoms with Gasteiger partial charge in [0, 0.05) is 65.0 Å². The molecule has 5 saturated heterocycles. The molecule has 5 rings (SSSR count). The van der Waals surface area contributed by atoms with Crippen molar-refractivity contribution in [3.05, 3.63) is 0 Å². The normalized spacial score (nSPS) is 61.3. The van der Waals surface area contributed by atoms with Gasteiger partial charge in [0.15, 0.2) is 0 Å². The second-order valence-electron chi connectivity index (χ2n) is 5.62. The Morgan fingerprint density at radius 1 is 0.444 bits per heavy atom. The lowest BCUT2D eigenvalue weighted by molar-refractivity contribution is 0.748. The quantitative estimate of drug-likeness (QED) is 0.706. The second kappa shape index (κ2) is 4.80. The SMILES string of the molecule is C1SC1C1SC(C2CS2)C(C2CS2)SC1C1CS1. The Morgan fingerprint density at radius 2 is 0.667 bits per heavy atom. The maximum absolute atomic E-state index is 2.44. The lowest BCUT2D eigenvalue weighted by Crippen LogP contribution is -2.45. The van der Waals surface area contributed by atoms with Crippen LogP contribution < -0.4 is 0 Å². The second-order valence-corrected chi connectivity index (χ2v) is 13.4. The molecule has 0 spiro atoms. The molecule has 0 aromatic carbocycles. The zero-order chi connectivity index (χ0) is 11.7. The summed E-state index contributed by atoms with van der Waals surface area (Å²) in [5, 5.41) is 8.05. The van der Waals surface area contributed by atoms with Crippen LogP contribution in [0.25, 0.3) is 0 Å². The molecule has 8 atom stereocenters. The maximum Gasteiger partial charge on any atom is 0.0308 e. The summed E-state index contributed by atoms with van der Waals surface area (Å²) in [6, 6.07) is 0. The van der Waals surface area contributed by atoms with E-state index < -0.39 is 0 Å². The Kier molecular flexibility index (Phi) is 3.37. The van der Waals surface area contributed by atoms with Gasteiger partial charge in [0.25, 0.3) is 0 Å². The van der Waals surface area contributed by atoms with Crippen molar-refractivity contribution in [2.75, 3.05) is 23.0 Å². The summed E-state index contributed by atoms with van der Waals surface area (Å²) in [6.45, 7) is 0. The average Bonchev–Trinajstić information content (AvgIpc) is 3.30. The molecule has 0 nitrogen and oxygen atoms in total. The molecule has 0 bridgehead atoms. The van der Waals surface area contributed by atoms with Gasteiger partial charge in [-0.1, -0.05) is 0 Å². The Balaban J connectivity index is 1.39. The molecular formula is C12H16S6. The molecule has 0 N–H and O–H groups in total. The number of hydrogen-bond acceptors (Lipinski definition) is 6. The highest BCUT2D eigenvalue weighted by molar-refractivity contribution is 8.15. The molecule has 0 amide bonds. The van der Waals surface area contributed by atoms with Crippen molar-refractivity contribution >= 4 is 70.6 Å². The fourth-order valence-electron chi connectivity index (χ4n) is 2.85. The lowest BCUT2D eigenvalue weighted by atomic mass is 10.2. The summed E-state index contributed by atoms with van der Waals surface area (Å²) in [4.78, 5) is 0. The van der Waals surface area contributed by atoms with Crippen molar-refractivity contribution in [1.82, 2.24) is 0 Å². The van der Waals surface area contributed by atoms with E-state index in [0.29, 0.717) is 0 Å². The first-order chi connectivity index (χ1) is 8.90. The molecule has 100 valence electrons. The van der Waals surface area contributed by atoms with Crippen LogP contribution in [0.3, 0.4) is 0 Å². The monoisotopic (exact) mass is 352 g/mol. The minimum absolute atomic E-state index is 0.992. The third kappa shape index (κ3) is 2.49. The van der Waals surface area contributed by atoms with Crippen LogP contribution in [0.15, 0.2) is 0 Å². The molecule has 0 aromatic heterocycles. The summed E-state index contributed by atoms with van der Waals surface area (Å²) in [5.41, 5.74) is 0. The van der Waals surface area contributed by atoms with Crippen LogP contribution in [-0.4, -0.2) is 65.0 Å². The van der Waals surface area contributed by atoms with E-state index in [9.17, 15) is 0 Å². The molecular weight excluding hydrogens is 337 g/mol. The van der Waals surface area contributed by atoms with Crippen LogP contribution in [0.5, 0.6) is 0 Å². The minimum Gasteiger partial charge on any atom is -0.155 e. The van der Waals surface area contributed by atoms with Crippen LogP contribution in [-0.2, 0) is 0 Å². The Bertz CT molecular complexity index is 280. The molecule has 5 heterocycles. The summed E-state index contributed by atoms with van der Waals surface area (Å²) < 4.78 is 0. The van der Waals surface area contributed by atoms with Gasteiger partial charge in [-0.05, 0) is 0 Å². The van der Waals surface area contributed by atoms with Crippen molar-refractivity contribution < 1.29 is 0 Å². The number of rotatable bonds is 4. The van der Waals surface area contributed by atoms with Crippen LogP contribution in [0.2, 0.25) is 0 Å². The van der Waals surface area contributed by atoms with Crippen LogP contribution in [0.4, 0.5) is 0 Å². The van der Waals surface area contributed by atoms with Gasteiger partial charge < -0.3 is 0 Å². The summed E-state index contributed by atoms with van der Waals surface area (Å²) in [5.74, 6) is 5.83. The highest BCUT2D eigenvalue weighted by Crippen LogP contribution is 2.61. The van der Waals surface area contributed by atoms with E-state index in [1.807, 2.05) is 0 Å². The molecule has 18 heavy (non-hydrogen) atoms. The largest absolute Gasteiger partial charge is 0.155 e. The lowest BCUT2D eigenvalue weighted by Gasteiger charge is -2.40. The molecule has 0 radical (unpaired) electrons. The van der Waals surface area contributed by atoms with Gasteiger partial charge in [-0.25, -0.2) is 0 Å². The van der Waals surface area contributed by atoms with Crippen molar-refractivity contribution in [2.45, 2.75) is 42.0 Å². The molecule has 5 aliphatic heterocycles. The van der Waals surface area contributed by atoms with Crippen molar-refractivity contribution in [2.24, 2.45) is 0 Å². The third-order valence-corrected chi connectivity index (χ3v) is 13.0. The Hall–Kier alpha value is 2.10. The van der Waals surface area contributed by atoms with Gasteiger partial charge in [0.05, 0.1) is 0 Å². The zero-order valence-corrected chi connectivity index (χ0v) is 14.8. The first-order valence-corrected chi connectivity index (χ1v) is 12.8. The van der Waals surface area contributed by atoms with Gasteiger partial charge in [-0.2, -0.15) is 70.6 Å². The van der Waals surface area contributed by atoms with Gasteiger partial charge >= 0.3 is 0 Å². The predicted octanol–water partition coefficient (Wildman–Crippen LogP) is 3.40. The van der Waals surface area contributed by atoms with Crippen molar-refractivity contribution in [3.8, 4) is 0 Å². The molecule has 8 unspecified atom stereocenters. The molecule has 0 saturated carbocycles. The van der Waals surface area contributed by atoms with Gasteiger partial charge in [-0.3, -0.25) is 0 Å². The molecule has 6 heteroatoms. The van der Waals surface area contributed by atoms with E-state index in [1.54, 1.807) is 0 Å². The number of hydrogen-bond donors (Lipinski definition) is 0. The fourth-order valence-corrected chi connectivity index (χ4v) is 12.1. The molecule has 5 aliphatic rings. The van der Waals surface area contributed by atoms with Crippen molar-refractivity contribution in [3.63, 3.8) is 0 Å². The third-order valence-electron chi connectivity index (χ3n) is 4.18. The minimum atomic E-state index is 0.992. The van der Waals surface area contributed by atoms with E-state index in [1.165, 1.54) is 23.0 Å². The zero-order valence-electron chi connectivity index (χ0n) is 9.90. The number of thioether (sulfide) groups is 6. The first-order valence-electron chi connectivity index (χ1n) is 6.67. The van der Waals surface area contributed by atoms with Gasteiger partial charge in [0.2, 0.25) is 0 Å². The fraction of sp³-hybridized carbons (Fsp3) is 1.00. The summed E-state index contributed by atoms with van der Waals surface area (Å²) in [6.07, 6.45) is 0. The van der Waals surface area contributed by atoms with Crippen LogP contribution in [0, 0.1) is 0 Å². The Labute approximate surface area is 134 Å². The average molecular weight is 353 g/mol. The topological polar surface area (TPSA) is 0 Å². The molecule has 0 aliphatic carbocycles. The van der Waals surface area contributed by atoms with E-state index in [2.05, 4.69) is 70.6 Å². The van der Waals surface area contributed by atoms with Crippen LogP contribution >= 0.6 is 70.6 Å². The molecule has 5 fully saturated rings. The highest BCUT2D eigenvalue weighted by Gasteiger charge is 2.56. The standard InChI is InChI=1S/C12H16S6/c1-5(13-1)9-10(6-2-14-6)18-12(8-4-16-8)11(17-9)7-3-15-7/h5-12H,1-4H2. The first kappa shape index (κ1) is 12.6. The van der Waals surface area contributed by atoms with Gasteiger partial charge in [0.1, 0.15) is 0 Å². The summed E-state index contributed by atoms with van der Waals surface area (Å²) >= 11 is 13.8. The Morgan fingerprint density at radius 3 is 0.833 bits per heavy atom. The van der Waals surface area contributed by atoms with E-state index >= 15 is 0 Å². The predicted molar refractivity (Wildman–Crippen MR) is 95.3 cm³/mol. The van der Waals surface area contributed by atoms with E-state index in [-0.39, 0.29) is 0 Å². The molecule has 0 aromatic rings. The summed E-state index contributed by atoms with van der Waals surface area (Å²) in [7, 11) is 0. The maximum atomic E-state index is 2.44. The van der Waals surface area contributed by atoms with Gasteiger partial charge in [-0.15, -0.1) is 0 Å². The highest BCUT2D eigenvalue weighted by atomic mass is 32.2. The van der Waals surface area contributed by atoms with E-state index in [0.717, 1.165) is 42.0 Å². The van der Waals surface area contributed by atoms with Crippen molar-refractivity contribution in [1.29, 1.82) is 0 Å². The van der Waals surface area contributed by atoms with Crippen LogP contribution in [0.1, 0.15) is 0 Å². The smallest absolute Gasteiger partial charge is 0.0308 e. The van der Waals surface area contributed by atoms with E-state index in [4.69, 9.17) is 0 Å².